The van der Waals surface area contributed by atoms with Crippen molar-refractivity contribution in [2.75, 3.05) is 6.61 Å². The van der Waals surface area contributed by atoms with Crippen LogP contribution >= 0.6 is 11.3 Å². The van der Waals surface area contributed by atoms with Crippen LogP contribution < -0.4 is 5.32 Å². The van der Waals surface area contributed by atoms with Gasteiger partial charge in [0.25, 0.3) is 0 Å². The summed E-state index contributed by atoms with van der Waals surface area (Å²) in [4.78, 5) is 49.0. The van der Waals surface area contributed by atoms with Gasteiger partial charge in [0, 0.05) is 29.1 Å². The van der Waals surface area contributed by atoms with Gasteiger partial charge in [-0.25, -0.2) is 4.79 Å². The lowest BCUT2D eigenvalue weighted by Gasteiger charge is -2.17. The van der Waals surface area contributed by atoms with Crippen LogP contribution in [0.4, 0.5) is 0 Å². The highest BCUT2D eigenvalue weighted by molar-refractivity contribution is 7.14. The van der Waals surface area contributed by atoms with Gasteiger partial charge in [-0.3, -0.25) is 14.4 Å². The van der Waals surface area contributed by atoms with Crippen LogP contribution in [0.5, 0.6) is 0 Å². The zero-order chi connectivity index (χ0) is 21.1. The molecule has 2 aromatic heterocycles. The van der Waals surface area contributed by atoms with Gasteiger partial charge in [0.2, 0.25) is 11.7 Å². The van der Waals surface area contributed by atoms with Gasteiger partial charge in [0.15, 0.2) is 12.4 Å². The van der Waals surface area contributed by atoms with Crippen molar-refractivity contribution in [2.24, 2.45) is 12.5 Å². The molecule has 0 spiro atoms. The van der Waals surface area contributed by atoms with Crippen molar-refractivity contribution < 1.29 is 23.9 Å². The summed E-state index contributed by atoms with van der Waals surface area (Å²) in [6, 6.07) is 4.85. The van der Waals surface area contributed by atoms with E-state index in [4.69, 9.17) is 4.74 Å². The summed E-state index contributed by atoms with van der Waals surface area (Å²) in [7, 11) is 1.63. The second-order valence-corrected chi connectivity index (χ2v) is 8.65. The molecule has 0 unspecified atom stereocenters. The van der Waals surface area contributed by atoms with Gasteiger partial charge in [-0.2, -0.15) is 0 Å². The molecule has 0 aromatic carbocycles. The Balaban J connectivity index is 1.92. The highest BCUT2D eigenvalue weighted by Crippen LogP contribution is 2.19. The van der Waals surface area contributed by atoms with Gasteiger partial charge in [-0.05, 0) is 25.1 Å². The first kappa shape index (κ1) is 21.6. The first-order valence-corrected chi connectivity index (χ1v) is 9.55. The summed E-state index contributed by atoms with van der Waals surface area (Å²) < 4.78 is 6.58. The van der Waals surface area contributed by atoms with E-state index in [1.165, 1.54) is 35.1 Å². The third kappa shape index (κ3) is 5.39. The van der Waals surface area contributed by atoms with Crippen LogP contribution in [-0.2, 0) is 23.1 Å². The standard InChI is InChI=1S/C20H24N2O5S/c1-12(23)13-8-15(22(5)10-13)18(25)27-11-16(24)17-7-6-14(28-17)9-21-19(26)20(2,3)4/h6-8,10H,9,11H2,1-5H3,(H,21,26). The number of aromatic nitrogens is 1. The van der Waals surface area contributed by atoms with Gasteiger partial charge >= 0.3 is 5.97 Å². The third-order valence-corrected chi connectivity index (χ3v) is 5.12. The zero-order valence-corrected chi connectivity index (χ0v) is 17.4. The molecule has 28 heavy (non-hydrogen) atoms. The van der Waals surface area contributed by atoms with Crippen LogP contribution in [0.15, 0.2) is 24.4 Å². The van der Waals surface area contributed by atoms with E-state index >= 15 is 0 Å². The molecule has 0 radical (unpaired) electrons. The number of carbonyl (C=O) groups is 4. The van der Waals surface area contributed by atoms with Crippen molar-refractivity contribution in [3.63, 3.8) is 0 Å². The molecular weight excluding hydrogens is 380 g/mol. The predicted octanol–water partition coefficient (Wildman–Crippen LogP) is 2.99. The Bertz CT molecular complexity index is 917. The van der Waals surface area contributed by atoms with E-state index in [9.17, 15) is 19.2 Å². The molecule has 0 saturated carbocycles. The lowest BCUT2D eigenvalue weighted by atomic mass is 9.96. The molecule has 2 heterocycles. The number of Topliss-reactive ketones (excluding diaryl/α,β-unsaturated/α-hetero) is 2. The predicted molar refractivity (Wildman–Crippen MR) is 106 cm³/mol. The normalized spacial score (nSPS) is 11.2. The Morgan fingerprint density at radius 2 is 1.86 bits per heavy atom. The molecule has 1 amide bonds. The Kier molecular flexibility index (Phi) is 6.56. The number of nitrogens with one attached hydrogen (secondary N) is 1. The summed E-state index contributed by atoms with van der Waals surface area (Å²) in [5, 5.41) is 2.83. The molecular formula is C20H24N2O5S. The molecule has 0 atom stereocenters. The minimum Gasteiger partial charge on any atom is -0.453 e. The molecule has 0 saturated heterocycles. The van der Waals surface area contributed by atoms with E-state index in [1.807, 2.05) is 20.8 Å². The summed E-state index contributed by atoms with van der Waals surface area (Å²) >= 11 is 1.25. The molecule has 7 nitrogen and oxygen atoms in total. The van der Waals surface area contributed by atoms with Crippen LogP contribution in [0, 0.1) is 5.41 Å². The topological polar surface area (TPSA) is 94.5 Å². The summed E-state index contributed by atoms with van der Waals surface area (Å²) in [6.07, 6.45) is 1.54. The highest BCUT2D eigenvalue weighted by Gasteiger charge is 2.21. The van der Waals surface area contributed by atoms with Crippen LogP contribution in [0.25, 0.3) is 0 Å². The fourth-order valence-corrected chi connectivity index (χ4v) is 3.16. The Morgan fingerprint density at radius 3 is 2.43 bits per heavy atom. The maximum Gasteiger partial charge on any atom is 0.355 e. The average molecular weight is 404 g/mol. The van der Waals surface area contributed by atoms with Crippen molar-refractivity contribution in [2.45, 2.75) is 34.2 Å². The number of hydrogen-bond acceptors (Lipinski definition) is 6. The molecule has 0 aliphatic rings. The molecule has 0 bridgehead atoms. The molecule has 8 heteroatoms. The van der Waals surface area contributed by atoms with Crippen molar-refractivity contribution in [3.8, 4) is 0 Å². The van der Waals surface area contributed by atoms with E-state index in [0.29, 0.717) is 17.0 Å². The van der Waals surface area contributed by atoms with Gasteiger partial charge in [0.05, 0.1) is 11.4 Å². The minimum absolute atomic E-state index is 0.0739. The molecule has 0 aliphatic heterocycles. The lowest BCUT2D eigenvalue weighted by Crippen LogP contribution is -2.34. The fraction of sp³-hybridized carbons (Fsp3) is 0.400. The molecule has 2 rings (SSSR count). The van der Waals surface area contributed by atoms with Gasteiger partial charge in [-0.1, -0.05) is 20.8 Å². The van der Waals surface area contributed by atoms with Crippen LogP contribution in [0.2, 0.25) is 0 Å². The lowest BCUT2D eigenvalue weighted by molar-refractivity contribution is -0.128. The average Bonchev–Trinajstić information content (AvgIpc) is 3.23. The Hall–Kier alpha value is -2.74. The van der Waals surface area contributed by atoms with E-state index < -0.39 is 18.0 Å². The number of carbonyl (C=O) groups excluding carboxylic acids is 4. The number of ether oxygens (including phenoxy) is 1. The van der Waals surface area contributed by atoms with E-state index in [2.05, 4.69) is 5.32 Å². The van der Waals surface area contributed by atoms with Crippen LogP contribution in [-0.4, -0.2) is 34.6 Å². The SMILES string of the molecule is CC(=O)c1cc(C(=O)OCC(=O)c2ccc(CNC(=O)C(C)(C)C)s2)n(C)c1. The van der Waals surface area contributed by atoms with Crippen LogP contribution in [0.3, 0.4) is 0 Å². The fourth-order valence-electron chi connectivity index (χ4n) is 2.29. The Labute approximate surface area is 167 Å². The molecule has 2 aromatic rings. The zero-order valence-electron chi connectivity index (χ0n) is 16.6. The number of aryl methyl sites for hydroxylation is 1. The summed E-state index contributed by atoms with van der Waals surface area (Å²) in [5.74, 6) is -1.23. The molecule has 0 aliphatic carbocycles. The summed E-state index contributed by atoms with van der Waals surface area (Å²) in [5.41, 5.74) is 0.124. The van der Waals surface area contributed by atoms with Crippen molar-refractivity contribution in [1.82, 2.24) is 9.88 Å². The van der Waals surface area contributed by atoms with Crippen molar-refractivity contribution in [1.29, 1.82) is 0 Å². The van der Waals surface area contributed by atoms with E-state index in [0.717, 1.165) is 4.88 Å². The second kappa shape index (κ2) is 8.52. The maximum absolute atomic E-state index is 12.3. The van der Waals surface area contributed by atoms with Gasteiger partial charge in [-0.15, -0.1) is 11.3 Å². The van der Waals surface area contributed by atoms with Gasteiger partial charge in [0.1, 0.15) is 5.69 Å². The van der Waals surface area contributed by atoms with E-state index in [-0.39, 0.29) is 23.2 Å². The number of rotatable bonds is 7. The minimum atomic E-state index is -0.669. The number of nitrogens with zero attached hydrogens (tertiary/aromatic N) is 1. The van der Waals surface area contributed by atoms with E-state index in [1.54, 1.807) is 19.2 Å². The third-order valence-electron chi connectivity index (χ3n) is 4.00. The monoisotopic (exact) mass is 404 g/mol. The maximum atomic E-state index is 12.3. The largest absolute Gasteiger partial charge is 0.453 e. The second-order valence-electron chi connectivity index (χ2n) is 7.48. The number of thiophene rings is 1. The number of hydrogen-bond donors (Lipinski definition) is 1. The van der Waals surface area contributed by atoms with Crippen molar-refractivity contribution in [3.05, 3.63) is 45.4 Å². The number of ketones is 2. The quantitative estimate of drug-likeness (QED) is 0.565. The number of amides is 1. The first-order valence-electron chi connectivity index (χ1n) is 8.73. The molecule has 0 fully saturated rings. The van der Waals surface area contributed by atoms with Crippen molar-refractivity contribution >= 4 is 34.8 Å². The highest BCUT2D eigenvalue weighted by atomic mass is 32.1. The first-order chi connectivity index (χ1) is 13.0. The smallest absolute Gasteiger partial charge is 0.355 e. The molecule has 150 valence electrons. The molecule has 1 N–H and O–H groups in total. The number of esters is 1. The van der Waals surface area contributed by atoms with Crippen LogP contribution in [0.1, 0.15) is 63.1 Å². The van der Waals surface area contributed by atoms with Gasteiger partial charge < -0.3 is 14.6 Å². The summed E-state index contributed by atoms with van der Waals surface area (Å²) in [6.45, 7) is 6.83. The Morgan fingerprint density at radius 1 is 1.18 bits per heavy atom.